The van der Waals surface area contributed by atoms with Gasteiger partial charge in [0.15, 0.2) is 0 Å². The molecule has 2 nitrogen and oxygen atoms in total. The van der Waals surface area contributed by atoms with Crippen molar-refractivity contribution in [3.8, 4) is 0 Å². The molecule has 2 rings (SSSR count). The van der Waals surface area contributed by atoms with Crippen molar-refractivity contribution in [2.24, 2.45) is 0 Å². The number of hydrogen-bond donors (Lipinski definition) is 1. The van der Waals surface area contributed by atoms with Crippen LogP contribution in [-0.4, -0.2) is 29.6 Å². The zero-order chi connectivity index (χ0) is 15.3. The topological polar surface area (TPSA) is 15.3 Å². The highest BCUT2D eigenvalue weighted by Gasteiger charge is 2.36. The van der Waals surface area contributed by atoms with Gasteiger partial charge in [-0.1, -0.05) is 55.3 Å². The molecule has 1 aliphatic heterocycles. The summed E-state index contributed by atoms with van der Waals surface area (Å²) >= 11 is 3.52. The molecule has 1 aromatic carbocycles. The van der Waals surface area contributed by atoms with Crippen LogP contribution >= 0.6 is 15.9 Å². The van der Waals surface area contributed by atoms with Crippen LogP contribution in [-0.2, 0) is 6.54 Å². The predicted molar refractivity (Wildman–Crippen MR) is 94.6 cm³/mol. The van der Waals surface area contributed by atoms with Crippen LogP contribution in [0.25, 0.3) is 0 Å². The number of rotatable bonds is 6. The molecule has 1 saturated heterocycles. The maximum absolute atomic E-state index is 3.84. The summed E-state index contributed by atoms with van der Waals surface area (Å²) in [6.07, 6.45) is 4.96. The molecule has 0 radical (unpaired) electrons. The quantitative estimate of drug-likeness (QED) is 0.805. The van der Waals surface area contributed by atoms with Gasteiger partial charge in [-0.15, -0.1) is 0 Å². The molecule has 0 spiro atoms. The van der Waals surface area contributed by atoms with Gasteiger partial charge >= 0.3 is 0 Å². The van der Waals surface area contributed by atoms with Gasteiger partial charge in [-0.2, -0.15) is 0 Å². The monoisotopic (exact) mass is 352 g/mol. The number of benzene rings is 1. The first-order valence-corrected chi connectivity index (χ1v) is 9.15. The molecule has 0 aromatic heterocycles. The lowest BCUT2D eigenvalue weighted by Gasteiger charge is -2.47. The second-order valence-corrected chi connectivity index (χ2v) is 7.26. The number of halogens is 1. The number of hydrogen-bond acceptors (Lipinski definition) is 2. The van der Waals surface area contributed by atoms with Crippen LogP contribution in [0.4, 0.5) is 0 Å². The van der Waals surface area contributed by atoms with Crippen molar-refractivity contribution >= 4 is 15.9 Å². The van der Waals surface area contributed by atoms with Gasteiger partial charge in [0.05, 0.1) is 0 Å². The van der Waals surface area contributed by atoms with Crippen molar-refractivity contribution in [3.63, 3.8) is 0 Å². The molecule has 1 aliphatic rings. The lowest BCUT2D eigenvalue weighted by molar-refractivity contribution is 0.0616. The number of piperazine rings is 1. The Morgan fingerprint density at radius 3 is 2.43 bits per heavy atom. The molecule has 1 heterocycles. The molecule has 1 fully saturated rings. The Labute approximate surface area is 138 Å². The van der Waals surface area contributed by atoms with Gasteiger partial charge in [0.2, 0.25) is 0 Å². The first-order chi connectivity index (χ1) is 10.1. The van der Waals surface area contributed by atoms with Crippen LogP contribution in [0.2, 0.25) is 0 Å². The second-order valence-electron chi connectivity index (χ2n) is 6.34. The summed E-state index contributed by atoms with van der Waals surface area (Å²) in [5.74, 6) is 0. The number of nitrogens with one attached hydrogen (secondary N) is 1. The van der Waals surface area contributed by atoms with Crippen LogP contribution in [0.5, 0.6) is 0 Å². The van der Waals surface area contributed by atoms with E-state index in [9.17, 15) is 0 Å². The third kappa shape index (κ3) is 4.30. The zero-order valence-electron chi connectivity index (χ0n) is 13.7. The summed E-state index contributed by atoms with van der Waals surface area (Å²) in [5.41, 5.74) is 1.72. The lowest BCUT2D eigenvalue weighted by atomic mass is 9.87. The van der Waals surface area contributed by atoms with E-state index in [1.54, 1.807) is 0 Å². The highest BCUT2D eigenvalue weighted by atomic mass is 79.9. The third-order valence-corrected chi connectivity index (χ3v) is 5.54. The fourth-order valence-electron chi connectivity index (χ4n) is 3.39. The minimum Gasteiger partial charge on any atom is -0.308 e. The van der Waals surface area contributed by atoms with E-state index in [2.05, 4.69) is 71.2 Å². The fourth-order valence-corrected chi connectivity index (χ4v) is 3.65. The van der Waals surface area contributed by atoms with Crippen LogP contribution in [0, 0.1) is 0 Å². The first kappa shape index (κ1) is 17.0. The molecular formula is C18H29BrN2. The lowest BCUT2D eigenvalue weighted by Crippen LogP contribution is -2.63. The van der Waals surface area contributed by atoms with Crippen molar-refractivity contribution < 1.29 is 0 Å². The summed E-state index contributed by atoms with van der Waals surface area (Å²) < 4.78 is 1.16. The van der Waals surface area contributed by atoms with Gasteiger partial charge in [0, 0.05) is 35.7 Å². The van der Waals surface area contributed by atoms with E-state index >= 15 is 0 Å². The molecule has 3 heteroatoms. The Morgan fingerprint density at radius 2 is 1.86 bits per heavy atom. The first-order valence-electron chi connectivity index (χ1n) is 8.36. The SMILES string of the molecule is CCCC1CNC(CC)(CC)CN1Cc1ccc(Br)cc1. The fraction of sp³-hybridized carbons (Fsp3) is 0.667. The van der Waals surface area contributed by atoms with E-state index in [0.29, 0.717) is 11.6 Å². The minimum atomic E-state index is 0.305. The molecule has 1 atom stereocenters. The van der Waals surface area contributed by atoms with Gasteiger partial charge in [0.25, 0.3) is 0 Å². The molecule has 1 unspecified atom stereocenters. The van der Waals surface area contributed by atoms with Crippen LogP contribution in [0.15, 0.2) is 28.7 Å². The third-order valence-electron chi connectivity index (χ3n) is 5.01. The average molecular weight is 353 g/mol. The second kappa shape index (κ2) is 7.75. The molecule has 0 aliphatic carbocycles. The molecule has 0 bridgehead atoms. The molecule has 1 aromatic rings. The van der Waals surface area contributed by atoms with E-state index in [0.717, 1.165) is 17.6 Å². The Kier molecular flexibility index (Phi) is 6.27. The molecule has 118 valence electrons. The summed E-state index contributed by atoms with van der Waals surface area (Å²) in [6, 6.07) is 9.46. The minimum absolute atomic E-state index is 0.305. The van der Waals surface area contributed by atoms with Crippen LogP contribution < -0.4 is 5.32 Å². The normalized spacial score (nSPS) is 22.4. The Hall–Kier alpha value is -0.380. The van der Waals surface area contributed by atoms with Crippen molar-refractivity contribution in [1.82, 2.24) is 10.2 Å². The molecule has 0 saturated carbocycles. The Balaban J connectivity index is 2.11. The van der Waals surface area contributed by atoms with Crippen LogP contribution in [0.3, 0.4) is 0 Å². The van der Waals surface area contributed by atoms with E-state index in [1.165, 1.54) is 37.8 Å². The van der Waals surface area contributed by atoms with Gasteiger partial charge in [-0.25, -0.2) is 0 Å². The van der Waals surface area contributed by atoms with E-state index in [4.69, 9.17) is 0 Å². The molecule has 0 amide bonds. The van der Waals surface area contributed by atoms with Gasteiger partial charge in [0.1, 0.15) is 0 Å². The van der Waals surface area contributed by atoms with Crippen LogP contribution in [0.1, 0.15) is 52.0 Å². The molecule has 21 heavy (non-hydrogen) atoms. The summed E-state index contributed by atoms with van der Waals surface area (Å²) in [4.78, 5) is 2.70. The highest BCUT2D eigenvalue weighted by Crippen LogP contribution is 2.26. The van der Waals surface area contributed by atoms with Gasteiger partial charge in [-0.05, 0) is 37.0 Å². The highest BCUT2D eigenvalue weighted by molar-refractivity contribution is 9.10. The summed E-state index contributed by atoms with van der Waals surface area (Å²) in [7, 11) is 0. The number of nitrogens with zero attached hydrogens (tertiary/aromatic N) is 1. The van der Waals surface area contributed by atoms with Crippen molar-refractivity contribution in [3.05, 3.63) is 34.3 Å². The maximum atomic E-state index is 3.84. The average Bonchev–Trinajstić information content (AvgIpc) is 2.51. The van der Waals surface area contributed by atoms with E-state index in [1.807, 2.05) is 0 Å². The molecular weight excluding hydrogens is 324 g/mol. The van der Waals surface area contributed by atoms with Gasteiger partial charge < -0.3 is 5.32 Å². The summed E-state index contributed by atoms with van der Waals surface area (Å²) in [5, 5.41) is 3.84. The smallest absolute Gasteiger partial charge is 0.0304 e. The van der Waals surface area contributed by atoms with Gasteiger partial charge in [-0.3, -0.25) is 4.90 Å². The van der Waals surface area contributed by atoms with Crippen molar-refractivity contribution in [2.75, 3.05) is 13.1 Å². The summed E-state index contributed by atoms with van der Waals surface area (Å²) in [6.45, 7) is 10.3. The maximum Gasteiger partial charge on any atom is 0.0304 e. The largest absolute Gasteiger partial charge is 0.308 e. The standard InChI is InChI=1S/C18H29BrN2/c1-4-7-17-12-20-18(5-2,6-3)14-21(17)13-15-8-10-16(19)11-9-15/h8-11,17,20H,4-7,12-14H2,1-3H3. The van der Waals surface area contributed by atoms with E-state index < -0.39 is 0 Å². The zero-order valence-corrected chi connectivity index (χ0v) is 15.2. The molecule has 1 N–H and O–H groups in total. The van der Waals surface area contributed by atoms with E-state index in [-0.39, 0.29) is 0 Å². The Bertz CT molecular complexity index is 425. The predicted octanol–water partition coefficient (Wildman–Crippen LogP) is 4.58. The van der Waals surface area contributed by atoms with Crippen molar-refractivity contribution in [2.45, 2.75) is 64.6 Å². The Morgan fingerprint density at radius 1 is 1.19 bits per heavy atom. The van der Waals surface area contributed by atoms with Crippen molar-refractivity contribution in [1.29, 1.82) is 0 Å².